The van der Waals surface area contributed by atoms with Gasteiger partial charge in [-0.15, -0.1) is 0 Å². The van der Waals surface area contributed by atoms with Crippen LogP contribution in [0.5, 0.6) is 0 Å². The summed E-state index contributed by atoms with van der Waals surface area (Å²) >= 11 is 0. The van der Waals surface area contributed by atoms with Gasteiger partial charge in [-0.3, -0.25) is 4.98 Å². The van der Waals surface area contributed by atoms with E-state index < -0.39 is 0 Å². The number of aromatic nitrogens is 3. The summed E-state index contributed by atoms with van der Waals surface area (Å²) in [5.74, 6) is 0. The summed E-state index contributed by atoms with van der Waals surface area (Å²) < 4.78 is 1.90. The maximum atomic E-state index is 4.37. The van der Waals surface area contributed by atoms with Crippen LogP contribution in [0.25, 0.3) is 5.69 Å². The van der Waals surface area contributed by atoms with Crippen LogP contribution >= 0.6 is 0 Å². The van der Waals surface area contributed by atoms with E-state index in [0.29, 0.717) is 6.04 Å². The van der Waals surface area contributed by atoms with Crippen LogP contribution in [0, 0.1) is 0 Å². The smallest absolute Gasteiger partial charge is 0.0676 e. The van der Waals surface area contributed by atoms with Gasteiger partial charge in [0.05, 0.1) is 11.9 Å². The molecule has 2 aromatic rings. The highest BCUT2D eigenvalue weighted by atomic mass is 15.3. The average molecular weight is 244 g/mol. The van der Waals surface area contributed by atoms with Gasteiger partial charge in [-0.25, -0.2) is 4.68 Å². The summed E-state index contributed by atoms with van der Waals surface area (Å²) in [5, 5.41) is 7.79. The highest BCUT2D eigenvalue weighted by Gasteiger charge is 2.01. The van der Waals surface area contributed by atoms with Crippen LogP contribution in [0.15, 0.2) is 36.9 Å². The first-order valence-corrected chi connectivity index (χ1v) is 6.43. The third kappa shape index (κ3) is 3.67. The summed E-state index contributed by atoms with van der Waals surface area (Å²) in [4.78, 5) is 4.01. The topological polar surface area (TPSA) is 42.7 Å². The Hall–Kier alpha value is -1.68. The summed E-state index contributed by atoms with van der Waals surface area (Å²) in [6, 6.07) is 4.47. The first-order valence-electron chi connectivity index (χ1n) is 6.43. The summed E-state index contributed by atoms with van der Waals surface area (Å²) in [5.41, 5.74) is 2.33. The van der Waals surface area contributed by atoms with Gasteiger partial charge >= 0.3 is 0 Å². The maximum absolute atomic E-state index is 4.37. The molecule has 0 unspecified atom stereocenters. The molecule has 18 heavy (non-hydrogen) atoms. The highest BCUT2D eigenvalue weighted by Crippen LogP contribution is 2.08. The molecule has 0 aliphatic heterocycles. The molecule has 0 aliphatic carbocycles. The van der Waals surface area contributed by atoms with Gasteiger partial charge in [-0.1, -0.05) is 13.8 Å². The Morgan fingerprint density at radius 2 is 2.06 bits per heavy atom. The quantitative estimate of drug-likeness (QED) is 0.792. The molecule has 96 valence electrons. The van der Waals surface area contributed by atoms with Crippen LogP contribution in [-0.2, 0) is 6.42 Å². The molecular weight excluding hydrogens is 224 g/mol. The zero-order valence-corrected chi connectivity index (χ0v) is 11.0. The maximum Gasteiger partial charge on any atom is 0.0676 e. The first-order chi connectivity index (χ1) is 8.75. The van der Waals surface area contributed by atoms with E-state index in [-0.39, 0.29) is 0 Å². The van der Waals surface area contributed by atoms with Crippen molar-refractivity contribution in [1.82, 2.24) is 20.1 Å². The minimum atomic E-state index is 0.560. The fourth-order valence-corrected chi connectivity index (χ4v) is 1.81. The largest absolute Gasteiger partial charge is 0.315 e. The predicted octanol–water partition coefficient (Wildman–Crippen LogP) is 2.20. The van der Waals surface area contributed by atoms with Crippen molar-refractivity contribution in [2.24, 2.45) is 0 Å². The Labute approximate surface area is 108 Å². The lowest BCUT2D eigenvalue weighted by Gasteiger charge is -2.06. The molecule has 0 atom stereocenters. The highest BCUT2D eigenvalue weighted by molar-refractivity contribution is 5.28. The molecule has 4 nitrogen and oxygen atoms in total. The minimum Gasteiger partial charge on any atom is -0.315 e. The number of pyridine rings is 1. The number of nitrogens with zero attached hydrogens (tertiary/aromatic N) is 3. The van der Waals surface area contributed by atoms with Crippen molar-refractivity contribution < 1.29 is 0 Å². The molecule has 0 spiro atoms. The Kier molecular flexibility index (Phi) is 4.47. The van der Waals surface area contributed by atoms with Gasteiger partial charge in [-0.2, -0.15) is 5.10 Å². The van der Waals surface area contributed by atoms with Crippen LogP contribution in [-0.4, -0.2) is 27.4 Å². The van der Waals surface area contributed by atoms with Crippen molar-refractivity contribution in [2.75, 3.05) is 6.54 Å². The summed E-state index contributed by atoms with van der Waals surface area (Å²) in [6.45, 7) is 5.39. The zero-order chi connectivity index (χ0) is 12.8. The van der Waals surface area contributed by atoms with Crippen LogP contribution < -0.4 is 5.32 Å². The van der Waals surface area contributed by atoms with Gasteiger partial charge in [-0.05, 0) is 37.1 Å². The summed E-state index contributed by atoms with van der Waals surface area (Å²) in [6.07, 6.45) is 9.79. The predicted molar refractivity (Wildman–Crippen MR) is 72.8 cm³/mol. The van der Waals surface area contributed by atoms with Crippen LogP contribution in [0.3, 0.4) is 0 Å². The standard InChI is InChI=1S/C14H20N4/c1-12(2)16-7-3-4-13-10-17-18(11-13)14-5-8-15-9-6-14/h5-6,8-12,16H,3-4,7H2,1-2H3. The molecule has 0 saturated heterocycles. The lowest BCUT2D eigenvalue weighted by molar-refractivity contribution is 0.570. The second-order valence-electron chi connectivity index (χ2n) is 4.71. The van der Waals surface area contributed by atoms with Crippen molar-refractivity contribution >= 4 is 0 Å². The molecule has 1 N–H and O–H groups in total. The molecule has 0 aliphatic rings. The van der Waals surface area contributed by atoms with E-state index in [1.807, 2.05) is 23.0 Å². The minimum absolute atomic E-state index is 0.560. The van der Waals surface area contributed by atoms with Gasteiger partial charge < -0.3 is 5.32 Å². The molecule has 2 heterocycles. The number of rotatable bonds is 6. The molecule has 0 aromatic carbocycles. The normalized spacial score (nSPS) is 11.1. The van der Waals surface area contributed by atoms with Crippen LogP contribution in [0.4, 0.5) is 0 Å². The van der Waals surface area contributed by atoms with E-state index in [4.69, 9.17) is 0 Å². The monoisotopic (exact) mass is 244 g/mol. The van der Waals surface area contributed by atoms with Gasteiger partial charge in [0.2, 0.25) is 0 Å². The van der Waals surface area contributed by atoms with Crippen molar-refractivity contribution in [1.29, 1.82) is 0 Å². The number of nitrogens with one attached hydrogen (secondary N) is 1. The van der Waals surface area contributed by atoms with Gasteiger partial charge in [0.15, 0.2) is 0 Å². The number of hydrogen-bond donors (Lipinski definition) is 1. The molecule has 0 radical (unpaired) electrons. The first kappa shape index (κ1) is 12.8. The molecular formula is C14H20N4. The molecule has 0 saturated carbocycles. The van der Waals surface area contributed by atoms with Crippen molar-refractivity contribution in [3.8, 4) is 5.69 Å². The SMILES string of the molecule is CC(C)NCCCc1cnn(-c2ccncc2)c1. The Morgan fingerprint density at radius 1 is 1.28 bits per heavy atom. The molecule has 0 bridgehead atoms. The Morgan fingerprint density at radius 3 is 2.78 bits per heavy atom. The molecule has 2 aromatic heterocycles. The molecule has 0 fully saturated rings. The average Bonchev–Trinajstić information content (AvgIpc) is 2.84. The number of aryl methyl sites for hydroxylation is 1. The van der Waals surface area contributed by atoms with Crippen LogP contribution in [0.2, 0.25) is 0 Å². The lowest BCUT2D eigenvalue weighted by atomic mass is 10.2. The Bertz CT molecular complexity index is 462. The zero-order valence-electron chi connectivity index (χ0n) is 11.0. The van der Waals surface area contributed by atoms with Gasteiger partial charge in [0, 0.05) is 24.6 Å². The lowest BCUT2D eigenvalue weighted by Crippen LogP contribution is -2.23. The summed E-state index contributed by atoms with van der Waals surface area (Å²) in [7, 11) is 0. The second-order valence-corrected chi connectivity index (χ2v) is 4.71. The van der Waals surface area contributed by atoms with Crippen molar-refractivity contribution in [3.63, 3.8) is 0 Å². The van der Waals surface area contributed by atoms with Crippen LogP contribution in [0.1, 0.15) is 25.8 Å². The van der Waals surface area contributed by atoms with Crippen molar-refractivity contribution in [2.45, 2.75) is 32.7 Å². The van der Waals surface area contributed by atoms with E-state index >= 15 is 0 Å². The molecule has 4 heteroatoms. The second kappa shape index (κ2) is 6.31. The van der Waals surface area contributed by atoms with E-state index in [1.54, 1.807) is 12.4 Å². The van der Waals surface area contributed by atoms with E-state index in [0.717, 1.165) is 25.1 Å². The molecule has 0 amide bonds. The van der Waals surface area contributed by atoms with Gasteiger partial charge in [0.25, 0.3) is 0 Å². The third-order valence-electron chi connectivity index (χ3n) is 2.76. The third-order valence-corrected chi connectivity index (χ3v) is 2.76. The fourth-order valence-electron chi connectivity index (χ4n) is 1.81. The fraction of sp³-hybridized carbons (Fsp3) is 0.429. The van der Waals surface area contributed by atoms with E-state index in [1.165, 1.54) is 5.56 Å². The Balaban J connectivity index is 1.87. The van der Waals surface area contributed by atoms with E-state index in [2.05, 4.69) is 35.4 Å². The van der Waals surface area contributed by atoms with E-state index in [9.17, 15) is 0 Å². The molecule has 2 rings (SSSR count). The van der Waals surface area contributed by atoms with Crippen molar-refractivity contribution in [3.05, 3.63) is 42.5 Å². The number of hydrogen-bond acceptors (Lipinski definition) is 3. The van der Waals surface area contributed by atoms with Gasteiger partial charge in [0.1, 0.15) is 0 Å².